The first-order chi connectivity index (χ1) is 46.1. The number of carboxylic acid groups (broad SMARTS) is 1. The number of hydrogen-bond donors (Lipinski definition) is 0. The highest BCUT2D eigenvalue weighted by Crippen LogP contribution is 2.21. The molecule has 0 aliphatic carbocycles. The Morgan fingerprint density at radius 1 is 0.319 bits per heavy atom. The van der Waals surface area contributed by atoms with Crippen LogP contribution in [-0.4, -0.2) is 82.3 Å². The van der Waals surface area contributed by atoms with Gasteiger partial charge in [-0.25, -0.2) is 0 Å². The molecule has 0 aromatic carbocycles. The SMILES string of the molecule is CCCCCCC/C=C\C/C=C\CCCCCCCCCCCCCCCCCCCCCCCCCCCCCC(=O)OC(COC(=O)CCCCCCCCCCCCCCCCCCCCCCCCCCCCCCCC)COC(OCC[N+](C)(C)C)C(=O)[O-]. The van der Waals surface area contributed by atoms with Gasteiger partial charge in [0.15, 0.2) is 12.4 Å². The zero-order valence-electron chi connectivity index (χ0n) is 63.9. The van der Waals surface area contributed by atoms with Gasteiger partial charge in [-0.2, -0.15) is 0 Å². The molecule has 94 heavy (non-hydrogen) atoms. The van der Waals surface area contributed by atoms with Crippen molar-refractivity contribution in [3.63, 3.8) is 0 Å². The molecule has 0 radical (unpaired) electrons. The maximum Gasteiger partial charge on any atom is 0.306 e. The number of unbranched alkanes of at least 4 members (excludes halogenated alkanes) is 61. The Bertz CT molecular complexity index is 1590. The van der Waals surface area contributed by atoms with Crippen LogP contribution in [0.25, 0.3) is 0 Å². The second-order valence-corrected chi connectivity index (χ2v) is 30.1. The minimum absolute atomic E-state index is 0.153. The van der Waals surface area contributed by atoms with Crippen molar-refractivity contribution in [2.24, 2.45) is 0 Å². The smallest absolute Gasteiger partial charge is 0.306 e. The third-order valence-electron chi connectivity index (χ3n) is 19.5. The highest BCUT2D eigenvalue weighted by atomic mass is 16.7. The molecule has 0 aliphatic rings. The molecular weight excluding hydrogens is 1160 g/mol. The Morgan fingerprint density at radius 2 is 0.574 bits per heavy atom. The fourth-order valence-electron chi connectivity index (χ4n) is 13.0. The molecule has 556 valence electrons. The van der Waals surface area contributed by atoms with Gasteiger partial charge in [0, 0.05) is 12.8 Å². The molecule has 0 aromatic heterocycles. The molecule has 0 saturated carbocycles. The van der Waals surface area contributed by atoms with E-state index in [1.54, 1.807) is 0 Å². The summed E-state index contributed by atoms with van der Waals surface area (Å²) in [7, 11) is 5.96. The zero-order valence-corrected chi connectivity index (χ0v) is 63.9. The molecule has 0 fully saturated rings. The molecular formula is C85H163NO8. The largest absolute Gasteiger partial charge is 0.545 e. The van der Waals surface area contributed by atoms with Crippen molar-refractivity contribution >= 4 is 17.9 Å². The van der Waals surface area contributed by atoms with Gasteiger partial charge in [-0.05, 0) is 44.9 Å². The van der Waals surface area contributed by atoms with E-state index in [-0.39, 0.29) is 32.2 Å². The second-order valence-electron chi connectivity index (χ2n) is 30.1. The highest BCUT2D eigenvalue weighted by molar-refractivity contribution is 5.70. The third kappa shape index (κ3) is 77.1. The number of rotatable bonds is 80. The van der Waals surface area contributed by atoms with Crippen LogP contribution in [0.5, 0.6) is 0 Å². The van der Waals surface area contributed by atoms with Crippen molar-refractivity contribution in [1.29, 1.82) is 0 Å². The molecule has 2 atom stereocenters. The van der Waals surface area contributed by atoms with E-state index >= 15 is 0 Å². The number of allylic oxidation sites excluding steroid dienone is 4. The molecule has 0 N–H and O–H groups in total. The minimum Gasteiger partial charge on any atom is -0.545 e. The summed E-state index contributed by atoms with van der Waals surface area (Å²) in [4.78, 5) is 37.6. The standard InChI is InChI=1S/C85H163NO8/c1-6-8-10-12-14-16-18-20-22-24-26-28-30-32-34-36-38-39-40-41-42-43-44-45-46-48-50-52-54-56-58-60-62-64-66-68-70-72-74-76-83(88)94-81(80-93-85(84(89)90)91-78-77-86(3,4)5)79-92-82(87)75-73-71-69-67-65-63-61-59-57-55-53-51-49-47-37-35-33-31-29-27-25-23-21-19-17-15-13-11-9-7-2/h18,20,24,26,81,85H,6-17,19,21-23,25,27-80H2,1-5H3/b20-18-,26-24-. The number of aliphatic carboxylic acids is 1. The number of nitrogens with zero attached hydrogens (tertiary/aromatic N) is 1. The number of carbonyl (C=O) groups is 3. The molecule has 0 spiro atoms. The van der Waals surface area contributed by atoms with Crippen LogP contribution in [0.1, 0.15) is 444 Å². The average molecular weight is 1330 g/mol. The van der Waals surface area contributed by atoms with Crippen LogP contribution in [-0.2, 0) is 33.3 Å². The van der Waals surface area contributed by atoms with Gasteiger partial charge in [0.05, 0.1) is 40.3 Å². The lowest BCUT2D eigenvalue weighted by Crippen LogP contribution is -2.44. The molecule has 0 heterocycles. The average Bonchev–Trinajstić information content (AvgIpc) is 3.76. The Hall–Kier alpha value is -2.23. The molecule has 0 bridgehead atoms. The van der Waals surface area contributed by atoms with Crippen molar-refractivity contribution in [2.75, 3.05) is 47.5 Å². The predicted octanol–water partition coefficient (Wildman–Crippen LogP) is 25.5. The van der Waals surface area contributed by atoms with E-state index < -0.39 is 24.3 Å². The first kappa shape index (κ1) is 91.8. The summed E-state index contributed by atoms with van der Waals surface area (Å²) in [5.41, 5.74) is 0. The van der Waals surface area contributed by atoms with Crippen LogP contribution >= 0.6 is 0 Å². The third-order valence-corrected chi connectivity index (χ3v) is 19.5. The van der Waals surface area contributed by atoms with Crippen molar-refractivity contribution < 1.29 is 42.9 Å². The highest BCUT2D eigenvalue weighted by Gasteiger charge is 2.22. The first-order valence-electron chi connectivity index (χ1n) is 42.0. The Balaban J connectivity index is 3.92. The zero-order chi connectivity index (χ0) is 68.2. The number of likely N-dealkylation sites (N-methyl/N-ethyl adjacent to an activating group) is 1. The van der Waals surface area contributed by atoms with Crippen LogP contribution in [0.15, 0.2) is 24.3 Å². The molecule has 2 unspecified atom stereocenters. The number of hydrogen-bond acceptors (Lipinski definition) is 8. The number of ether oxygens (including phenoxy) is 4. The van der Waals surface area contributed by atoms with E-state index in [0.717, 1.165) is 44.9 Å². The van der Waals surface area contributed by atoms with Gasteiger partial charge in [-0.1, -0.05) is 411 Å². The number of carboxylic acids is 1. The van der Waals surface area contributed by atoms with Crippen molar-refractivity contribution in [1.82, 2.24) is 0 Å². The normalized spacial score (nSPS) is 12.6. The van der Waals surface area contributed by atoms with Crippen molar-refractivity contribution in [2.45, 2.75) is 456 Å². The van der Waals surface area contributed by atoms with E-state index in [1.807, 2.05) is 21.1 Å². The lowest BCUT2D eigenvalue weighted by molar-refractivity contribution is -0.870. The van der Waals surface area contributed by atoms with E-state index in [0.29, 0.717) is 17.4 Å². The van der Waals surface area contributed by atoms with Crippen LogP contribution in [0.4, 0.5) is 0 Å². The van der Waals surface area contributed by atoms with Gasteiger partial charge in [-0.15, -0.1) is 0 Å². The van der Waals surface area contributed by atoms with Crippen LogP contribution in [0, 0.1) is 0 Å². The van der Waals surface area contributed by atoms with E-state index in [9.17, 15) is 19.5 Å². The topological polar surface area (TPSA) is 111 Å². The summed E-state index contributed by atoms with van der Waals surface area (Å²) in [5.74, 6) is -2.24. The molecule has 9 heteroatoms. The Labute approximate surface area is 586 Å². The van der Waals surface area contributed by atoms with Crippen molar-refractivity contribution in [3.8, 4) is 0 Å². The fraction of sp³-hybridized carbons (Fsp3) is 0.918. The maximum atomic E-state index is 13.0. The van der Waals surface area contributed by atoms with E-state index in [2.05, 4.69) is 38.2 Å². The molecule has 9 nitrogen and oxygen atoms in total. The van der Waals surface area contributed by atoms with E-state index in [4.69, 9.17) is 18.9 Å². The lowest BCUT2D eigenvalue weighted by atomic mass is 10.0. The Kier molecular flexibility index (Phi) is 74.7. The molecule has 0 amide bonds. The monoisotopic (exact) mass is 1330 g/mol. The number of carbonyl (C=O) groups excluding carboxylic acids is 3. The molecule has 0 rings (SSSR count). The van der Waals surface area contributed by atoms with E-state index in [1.165, 1.54) is 372 Å². The Morgan fingerprint density at radius 3 is 0.840 bits per heavy atom. The summed E-state index contributed by atoms with van der Waals surface area (Å²) in [6.07, 6.45) is 94.7. The van der Waals surface area contributed by atoms with Gasteiger partial charge in [0.1, 0.15) is 13.2 Å². The van der Waals surface area contributed by atoms with Gasteiger partial charge in [-0.3, -0.25) is 9.59 Å². The van der Waals surface area contributed by atoms with Gasteiger partial charge >= 0.3 is 11.9 Å². The molecule has 0 saturated heterocycles. The van der Waals surface area contributed by atoms with Crippen LogP contribution in [0.2, 0.25) is 0 Å². The molecule has 0 aromatic rings. The summed E-state index contributed by atoms with van der Waals surface area (Å²) >= 11 is 0. The summed E-state index contributed by atoms with van der Waals surface area (Å²) < 4.78 is 22.9. The predicted molar refractivity (Wildman–Crippen MR) is 403 cm³/mol. The number of quaternary nitrogens is 1. The van der Waals surface area contributed by atoms with Crippen molar-refractivity contribution in [3.05, 3.63) is 24.3 Å². The quantitative estimate of drug-likeness (QED) is 0.0195. The summed E-state index contributed by atoms with van der Waals surface area (Å²) in [6.45, 7) is 4.83. The lowest BCUT2D eigenvalue weighted by Gasteiger charge is -2.26. The van der Waals surface area contributed by atoms with Crippen LogP contribution < -0.4 is 5.11 Å². The number of esters is 2. The summed E-state index contributed by atoms with van der Waals surface area (Å²) in [6, 6.07) is 0. The first-order valence-corrected chi connectivity index (χ1v) is 42.0. The maximum absolute atomic E-state index is 13.0. The van der Waals surface area contributed by atoms with Gasteiger partial charge in [0.25, 0.3) is 0 Å². The summed E-state index contributed by atoms with van der Waals surface area (Å²) in [5, 5.41) is 11.9. The minimum atomic E-state index is -1.62. The second kappa shape index (κ2) is 76.5. The fourth-order valence-corrected chi connectivity index (χ4v) is 13.0. The van der Waals surface area contributed by atoms with Crippen LogP contribution in [0.3, 0.4) is 0 Å². The van der Waals surface area contributed by atoms with Gasteiger partial charge in [0.2, 0.25) is 0 Å². The molecule has 0 aliphatic heterocycles. The van der Waals surface area contributed by atoms with Gasteiger partial charge < -0.3 is 33.3 Å².